The van der Waals surface area contributed by atoms with Gasteiger partial charge in [0, 0.05) is 5.56 Å². The third-order valence-electron chi connectivity index (χ3n) is 1.71. The summed E-state index contributed by atoms with van der Waals surface area (Å²) in [5, 5.41) is 9.98. The molecule has 0 spiro atoms. The molecular formula is C9H6O3. The van der Waals surface area contributed by atoms with Gasteiger partial charge in [-0.2, -0.15) is 0 Å². The van der Waals surface area contributed by atoms with Crippen molar-refractivity contribution in [2.45, 2.75) is 0 Å². The number of phenols is 1. The van der Waals surface area contributed by atoms with E-state index >= 15 is 0 Å². The number of aldehydes is 1. The predicted molar refractivity (Wildman–Crippen MR) is 43.3 cm³/mol. The van der Waals surface area contributed by atoms with E-state index in [2.05, 4.69) is 0 Å². The Bertz CT molecular complexity index is 428. The monoisotopic (exact) mass is 162 g/mol. The minimum atomic E-state index is 0.0725. The first-order valence-electron chi connectivity index (χ1n) is 3.46. The molecule has 3 nitrogen and oxygen atoms in total. The maximum Gasteiger partial charge on any atom is 0.150 e. The lowest BCUT2D eigenvalue weighted by molar-refractivity contribution is 0.112. The molecule has 0 saturated carbocycles. The number of hydrogen-bond donors (Lipinski definition) is 1. The van der Waals surface area contributed by atoms with E-state index in [1.807, 2.05) is 0 Å². The first-order valence-corrected chi connectivity index (χ1v) is 3.46. The molecule has 0 saturated heterocycles. The van der Waals surface area contributed by atoms with Gasteiger partial charge in [0.1, 0.15) is 17.6 Å². The zero-order chi connectivity index (χ0) is 8.55. The van der Waals surface area contributed by atoms with Crippen molar-refractivity contribution in [1.82, 2.24) is 0 Å². The van der Waals surface area contributed by atoms with Crippen LogP contribution in [0.5, 0.6) is 5.75 Å². The molecule has 0 atom stereocenters. The lowest BCUT2D eigenvalue weighted by atomic mass is 10.2. The third kappa shape index (κ3) is 0.871. The highest BCUT2D eigenvalue weighted by atomic mass is 16.3. The molecule has 0 radical (unpaired) electrons. The number of carbonyl (C=O) groups is 1. The van der Waals surface area contributed by atoms with Crippen LogP contribution >= 0.6 is 0 Å². The lowest BCUT2D eigenvalue weighted by Gasteiger charge is -1.94. The molecule has 2 aromatic rings. The van der Waals surface area contributed by atoms with Crippen molar-refractivity contribution >= 4 is 17.3 Å². The fourth-order valence-corrected chi connectivity index (χ4v) is 1.14. The van der Waals surface area contributed by atoms with Gasteiger partial charge >= 0.3 is 0 Å². The summed E-state index contributed by atoms with van der Waals surface area (Å²) in [7, 11) is 0. The topological polar surface area (TPSA) is 50.4 Å². The molecular weight excluding hydrogens is 156 g/mol. The number of aromatic hydroxyl groups is 1. The number of benzene rings is 1. The summed E-state index contributed by atoms with van der Waals surface area (Å²) >= 11 is 0. The molecule has 2 rings (SSSR count). The summed E-state index contributed by atoms with van der Waals surface area (Å²) in [5.41, 5.74) is 0.937. The molecule has 0 fully saturated rings. The zero-order valence-electron chi connectivity index (χ0n) is 6.15. The Labute approximate surface area is 68.2 Å². The fourth-order valence-electron chi connectivity index (χ4n) is 1.14. The number of fused-ring (bicyclic) bond motifs is 1. The van der Waals surface area contributed by atoms with Crippen LogP contribution < -0.4 is 0 Å². The second-order valence-corrected chi connectivity index (χ2v) is 2.49. The molecule has 60 valence electrons. The Hall–Kier alpha value is -1.77. The summed E-state index contributed by atoms with van der Waals surface area (Å²) < 4.78 is 5.02. The summed E-state index contributed by atoms with van der Waals surface area (Å²) in [4.78, 5) is 10.4. The van der Waals surface area contributed by atoms with E-state index in [9.17, 15) is 9.90 Å². The highest BCUT2D eigenvalue weighted by molar-refractivity contribution is 5.90. The van der Waals surface area contributed by atoms with Gasteiger partial charge < -0.3 is 9.52 Å². The summed E-state index contributed by atoms with van der Waals surface area (Å²) in [6, 6.07) is 4.64. The van der Waals surface area contributed by atoms with Crippen LogP contribution in [0, 0.1) is 0 Å². The van der Waals surface area contributed by atoms with Gasteiger partial charge in [-0.1, -0.05) is 0 Å². The van der Waals surface area contributed by atoms with E-state index in [-0.39, 0.29) is 5.75 Å². The highest BCUT2D eigenvalue weighted by Gasteiger charge is 2.03. The van der Waals surface area contributed by atoms with Gasteiger partial charge in [0.2, 0.25) is 0 Å². The average molecular weight is 162 g/mol. The number of rotatable bonds is 1. The Kier molecular flexibility index (Phi) is 1.37. The first kappa shape index (κ1) is 6.91. The highest BCUT2D eigenvalue weighted by Crippen LogP contribution is 2.26. The van der Waals surface area contributed by atoms with Crippen molar-refractivity contribution in [3.8, 4) is 5.75 Å². The van der Waals surface area contributed by atoms with Crippen LogP contribution in [0.15, 0.2) is 28.9 Å². The van der Waals surface area contributed by atoms with Crippen LogP contribution in [0.1, 0.15) is 10.4 Å². The quantitative estimate of drug-likeness (QED) is 0.652. The number of furan rings is 1. The molecule has 0 bridgehead atoms. The summed E-state index contributed by atoms with van der Waals surface area (Å²) in [5.74, 6) is 0.0725. The Balaban J connectivity index is 2.83. The normalized spacial score (nSPS) is 10.3. The first-order chi connectivity index (χ1) is 5.81. The largest absolute Gasteiger partial charge is 0.507 e. The number of phenolic OH excluding ortho intramolecular Hbond substituents is 1. The number of carbonyl (C=O) groups excluding carboxylic acids is 1. The molecule has 1 N–H and O–H groups in total. The molecule has 3 heteroatoms. The average Bonchev–Trinajstić information content (AvgIpc) is 2.52. The maximum atomic E-state index is 10.4. The summed E-state index contributed by atoms with van der Waals surface area (Å²) in [6.07, 6.45) is 2.14. The standard InChI is InChI=1S/C9H6O3/c10-5-6-3-8(11)7-1-2-12-9(7)4-6/h1-5,11H. The minimum Gasteiger partial charge on any atom is -0.507 e. The second-order valence-electron chi connectivity index (χ2n) is 2.49. The van der Waals surface area contributed by atoms with Crippen LogP contribution in [0.2, 0.25) is 0 Å². The Morgan fingerprint density at radius 1 is 1.42 bits per heavy atom. The van der Waals surface area contributed by atoms with Crippen LogP contribution in [0.25, 0.3) is 11.0 Å². The van der Waals surface area contributed by atoms with Crippen LogP contribution in [0.3, 0.4) is 0 Å². The number of hydrogen-bond acceptors (Lipinski definition) is 3. The minimum absolute atomic E-state index is 0.0725. The van der Waals surface area contributed by atoms with E-state index in [0.717, 1.165) is 0 Å². The molecule has 0 aliphatic heterocycles. The van der Waals surface area contributed by atoms with Gasteiger partial charge in [0.15, 0.2) is 0 Å². The molecule has 1 aromatic carbocycles. The van der Waals surface area contributed by atoms with Gasteiger partial charge in [-0.25, -0.2) is 0 Å². The second kappa shape index (κ2) is 2.37. The van der Waals surface area contributed by atoms with Crippen molar-refractivity contribution in [2.24, 2.45) is 0 Å². The molecule has 1 heterocycles. The van der Waals surface area contributed by atoms with Crippen molar-refractivity contribution < 1.29 is 14.3 Å². The third-order valence-corrected chi connectivity index (χ3v) is 1.71. The maximum absolute atomic E-state index is 10.4. The van der Waals surface area contributed by atoms with E-state index in [1.165, 1.54) is 12.3 Å². The SMILES string of the molecule is O=Cc1cc(O)c2ccoc2c1. The fraction of sp³-hybridized carbons (Fsp3) is 0. The summed E-state index contributed by atoms with van der Waals surface area (Å²) in [6.45, 7) is 0. The molecule has 0 aliphatic rings. The zero-order valence-corrected chi connectivity index (χ0v) is 6.15. The molecule has 12 heavy (non-hydrogen) atoms. The molecule has 0 aliphatic carbocycles. The van der Waals surface area contributed by atoms with Crippen molar-refractivity contribution in [3.05, 3.63) is 30.0 Å². The van der Waals surface area contributed by atoms with Gasteiger partial charge in [-0.3, -0.25) is 4.79 Å². The molecule has 1 aromatic heterocycles. The predicted octanol–water partition coefficient (Wildman–Crippen LogP) is 1.95. The molecule has 0 unspecified atom stereocenters. The molecule has 0 amide bonds. The van der Waals surface area contributed by atoms with Gasteiger partial charge in [0.05, 0.1) is 11.6 Å². The van der Waals surface area contributed by atoms with Crippen LogP contribution in [-0.4, -0.2) is 11.4 Å². The van der Waals surface area contributed by atoms with E-state index < -0.39 is 0 Å². The smallest absolute Gasteiger partial charge is 0.150 e. The Morgan fingerprint density at radius 3 is 3.00 bits per heavy atom. The van der Waals surface area contributed by atoms with E-state index in [1.54, 1.807) is 12.1 Å². The Morgan fingerprint density at radius 2 is 2.25 bits per heavy atom. The van der Waals surface area contributed by atoms with E-state index in [4.69, 9.17) is 4.42 Å². The van der Waals surface area contributed by atoms with Crippen LogP contribution in [-0.2, 0) is 0 Å². The van der Waals surface area contributed by atoms with Crippen molar-refractivity contribution in [1.29, 1.82) is 0 Å². The van der Waals surface area contributed by atoms with Gasteiger partial charge in [0.25, 0.3) is 0 Å². The van der Waals surface area contributed by atoms with Crippen LogP contribution in [0.4, 0.5) is 0 Å². The van der Waals surface area contributed by atoms with E-state index in [0.29, 0.717) is 22.8 Å². The van der Waals surface area contributed by atoms with Crippen molar-refractivity contribution in [3.63, 3.8) is 0 Å². The van der Waals surface area contributed by atoms with Gasteiger partial charge in [-0.05, 0) is 18.2 Å². The van der Waals surface area contributed by atoms with Gasteiger partial charge in [-0.15, -0.1) is 0 Å². The lowest BCUT2D eigenvalue weighted by Crippen LogP contribution is -1.78. The van der Waals surface area contributed by atoms with Crippen molar-refractivity contribution in [2.75, 3.05) is 0 Å².